The lowest BCUT2D eigenvalue weighted by Gasteiger charge is -2.31. The maximum Gasteiger partial charge on any atom is 0.308 e. The van der Waals surface area contributed by atoms with E-state index >= 15 is 0 Å². The van der Waals surface area contributed by atoms with Crippen molar-refractivity contribution in [1.29, 1.82) is 0 Å². The number of hydrogen-bond acceptors (Lipinski definition) is 5. The maximum atomic E-state index is 11.4. The van der Waals surface area contributed by atoms with Crippen LogP contribution in [0.5, 0.6) is 0 Å². The molecule has 5 nitrogen and oxygen atoms in total. The molecule has 0 N–H and O–H groups in total. The number of esters is 2. The van der Waals surface area contributed by atoms with E-state index in [1.807, 2.05) is 20.8 Å². The van der Waals surface area contributed by atoms with Crippen LogP contribution in [0.4, 0.5) is 0 Å². The van der Waals surface area contributed by atoms with Gasteiger partial charge in [0.15, 0.2) is 0 Å². The summed E-state index contributed by atoms with van der Waals surface area (Å²) in [4.78, 5) is 22.5. The van der Waals surface area contributed by atoms with Gasteiger partial charge in [0.1, 0.15) is 0 Å². The van der Waals surface area contributed by atoms with Gasteiger partial charge < -0.3 is 14.2 Å². The second kappa shape index (κ2) is 4.63. The van der Waals surface area contributed by atoms with Crippen LogP contribution in [0.25, 0.3) is 0 Å². The van der Waals surface area contributed by atoms with E-state index in [1.165, 1.54) is 6.92 Å². The molecule has 2 aliphatic rings. The molecule has 0 aliphatic carbocycles. The fourth-order valence-electron chi connectivity index (χ4n) is 2.58. The molecule has 19 heavy (non-hydrogen) atoms. The van der Waals surface area contributed by atoms with Crippen molar-refractivity contribution in [2.24, 2.45) is 17.3 Å². The molecule has 0 unspecified atom stereocenters. The van der Waals surface area contributed by atoms with E-state index < -0.39 is 18.5 Å². The second-order valence-electron chi connectivity index (χ2n) is 6.14. The molecular formula is C14H20O5. The lowest BCUT2D eigenvalue weighted by molar-refractivity contribution is -0.207. The summed E-state index contributed by atoms with van der Waals surface area (Å²) < 4.78 is 15.8. The van der Waals surface area contributed by atoms with Crippen LogP contribution in [0.15, 0.2) is 12.2 Å². The highest BCUT2D eigenvalue weighted by Gasteiger charge is 2.54. The van der Waals surface area contributed by atoms with E-state index in [9.17, 15) is 9.59 Å². The molecule has 0 aromatic carbocycles. The minimum absolute atomic E-state index is 0.122. The topological polar surface area (TPSA) is 61.8 Å². The van der Waals surface area contributed by atoms with Crippen LogP contribution in [0.1, 0.15) is 34.1 Å². The zero-order valence-electron chi connectivity index (χ0n) is 11.8. The van der Waals surface area contributed by atoms with E-state index in [-0.39, 0.29) is 29.6 Å². The van der Waals surface area contributed by atoms with Crippen molar-refractivity contribution in [3.63, 3.8) is 0 Å². The SMILES string of the molecule is C=C([C@@H]1[C@@H](OC(C)=O)O[C@@H]2OC(=O)C[C@@H]21)C(C)(C)C. The molecule has 0 bridgehead atoms. The Labute approximate surface area is 112 Å². The number of ether oxygens (including phenoxy) is 3. The Kier molecular flexibility index (Phi) is 3.43. The smallest absolute Gasteiger partial charge is 0.308 e. The van der Waals surface area contributed by atoms with Gasteiger partial charge in [-0.2, -0.15) is 0 Å². The lowest BCUT2D eigenvalue weighted by Crippen LogP contribution is -2.31. The van der Waals surface area contributed by atoms with Crippen molar-refractivity contribution in [2.75, 3.05) is 0 Å². The summed E-state index contributed by atoms with van der Waals surface area (Å²) in [5, 5.41) is 0. The highest BCUT2D eigenvalue weighted by Crippen LogP contribution is 2.48. The van der Waals surface area contributed by atoms with Crippen molar-refractivity contribution in [1.82, 2.24) is 0 Å². The average molecular weight is 268 g/mol. The van der Waals surface area contributed by atoms with Crippen LogP contribution in [0.2, 0.25) is 0 Å². The largest absolute Gasteiger partial charge is 0.435 e. The van der Waals surface area contributed by atoms with Crippen LogP contribution in [0, 0.1) is 17.3 Å². The standard InChI is InChI=1S/C14H20O5/c1-7(14(3,4)5)11-9-6-10(16)18-12(9)19-13(11)17-8(2)15/h9,11-13H,1,6H2,2-5H3/t9-,11+,12+,13+/m1/s1. The molecule has 106 valence electrons. The van der Waals surface area contributed by atoms with Crippen LogP contribution >= 0.6 is 0 Å². The second-order valence-corrected chi connectivity index (χ2v) is 6.14. The third kappa shape index (κ3) is 2.66. The first kappa shape index (κ1) is 14.1. The summed E-state index contributed by atoms with van der Waals surface area (Å²) in [6.45, 7) is 11.5. The minimum atomic E-state index is -0.715. The summed E-state index contributed by atoms with van der Waals surface area (Å²) in [6.07, 6.45) is -1.06. The predicted molar refractivity (Wildman–Crippen MR) is 66.7 cm³/mol. The van der Waals surface area contributed by atoms with E-state index in [0.29, 0.717) is 0 Å². The van der Waals surface area contributed by atoms with Gasteiger partial charge in [0, 0.05) is 12.8 Å². The number of carbonyl (C=O) groups excluding carboxylic acids is 2. The van der Waals surface area contributed by atoms with E-state index in [0.717, 1.165) is 5.57 Å². The fraction of sp³-hybridized carbons (Fsp3) is 0.714. The number of carbonyl (C=O) groups is 2. The Morgan fingerprint density at radius 1 is 1.42 bits per heavy atom. The molecule has 2 heterocycles. The predicted octanol–water partition coefficient (Wildman–Crippen LogP) is 2.01. The molecular weight excluding hydrogens is 248 g/mol. The molecule has 2 aliphatic heterocycles. The number of fused-ring (bicyclic) bond motifs is 1. The van der Waals surface area contributed by atoms with Gasteiger partial charge in [-0.3, -0.25) is 9.59 Å². The number of hydrogen-bond donors (Lipinski definition) is 0. The maximum absolute atomic E-state index is 11.4. The molecule has 0 amide bonds. The Morgan fingerprint density at radius 3 is 2.58 bits per heavy atom. The zero-order valence-corrected chi connectivity index (χ0v) is 11.8. The monoisotopic (exact) mass is 268 g/mol. The van der Waals surface area contributed by atoms with Crippen LogP contribution in [-0.4, -0.2) is 24.5 Å². The van der Waals surface area contributed by atoms with Crippen LogP contribution < -0.4 is 0 Å². The van der Waals surface area contributed by atoms with Gasteiger partial charge >= 0.3 is 11.9 Å². The Morgan fingerprint density at radius 2 is 2.05 bits per heavy atom. The molecule has 0 spiro atoms. The molecule has 2 rings (SSSR count). The van der Waals surface area contributed by atoms with Crippen LogP contribution in [-0.2, 0) is 23.8 Å². The molecule has 2 saturated heterocycles. The van der Waals surface area contributed by atoms with Gasteiger partial charge in [-0.15, -0.1) is 0 Å². The van der Waals surface area contributed by atoms with Gasteiger partial charge in [0.2, 0.25) is 12.6 Å². The van der Waals surface area contributed by atoms with Gasteiger partial charge in [-0.05, 0) is 5.41 Å². The minimum Gasteiger partial charge on any atom is -0.435 e. The highest BCUT2D eigenvalue weighted by molar-refractivity contribution is 5.72. The fourth-order valence-corrected chi connectivity index (χ4v) is 2.58. The first-order valence-electron chi connectivity index (χ1n) is 6.41. The summed E-state index contributed by atoms with van der Waals surface area (Å²) in [5.41, 5.74) is 0.747. The third-order valence-electron chi connectivity index (χ3n) is 3.67. The molecule has 0 radical (unpaired) electrons. The van der Waals surface area contributed by atoms with Crippen molar-refractivity contribution in [2.45, 2.75) is 46.7 Å². The van der Waals surface area contributed by atoms with Crippen molar-refractivity contribution in [3.05, 3.63) is 12.2 Å². The van der Waals surface area contributed by atoms with E-state index in [2.05, 4.69) is 6.58 Å². The molecule has 0 aromatic heterocycles. The van der Waals surface area contributed by atoms with Crippen molar-refractivity contribution >= 4 is 11.9 Å². The molecule has 2 fully saturated rings. The molecule has 5 heteroatoms. The lowest BCUT2D eigenvalue weighted by atomic mass is 9.74. The molecule has 4 atom stereocenters. The van der Waals surface area contributed by atoms with Crippen molar-refractivity contribution in [3.8, 4) is 0 Å². The first-order valence-corrected chi connectivity index (χ1v) is 6.41. The first-order chi connectivity index (χ1) is 8.70. The third-order valence-corrected chi connectivity index (χ3v) is 3.67. The van der Waals surface area contributed by atoms with Gasteiger partial charge in [-0.25, -0.2) is 0 Å². The normalized spacial score (nSPS) is 33.8. The van der Waals surface area contributed by atoms with Crippen molar-refractivity contribution < 1.29 is 23.8 Å². The Hall–Kier alpha value is -1.36. The summed E-state index contributed by atoms with van der Waals surface area (Å²) in [6, 6.07) is 0. The summed E-state index contributed by atoms with van der Waals surface area (Å²) in [7, 11) is 0. The molecule has 0 saturated carbocycles. The quantitative estimate of drug-likeness (QED) is 0.566. The van der Waals surface area contributed by atoms with Gasteiger partial charge in [-0.1, -0.05) is 32.9 Å². The summed E-state index contributed by atoms with van der Waals surface area (Å²) in [5.74, 6) is -1.02. The zero-order chi connectivity index (χ0) is 14.4. The van der Waals surface area contributed by atoms with Gasteiger partial charge in [0.25, 0.3) is 0 Å². The Balaban J connectivity index is 2.24. The highest BCUT2D eigenvalue weighted by atomic mass is 16.8. The van der Waals surface area contributed by atoms with Crippen LogP contribution in [0.3, 0.4) is 0 Å². The average Bonchev–Trinajstić information content (AvgIpc) is 2.70. The van der Waals surface area contributed by atoms with Gasteiger partial charge in [0.05, 0.1) is 12.3 Å². The number of rotatable bonds is 2. The molecule has 0 aromatic rings. The van der Waals surface area contributed by atoms with E-state index in [1.54, 1.807) is 0 Å². The summed E-state index contributed by atoms with van der Waals surface area (Å²) >= 11 is 0. The van der Waals surface area contributed by atoms with E-state index in [4.69, 9.17) is 14.2 Å². The Bertz CT molecular complexity index is 420.